The van der Waals surface area contributed by atoms with E-state index in [0.717, 1.165) is 10.4 Å². The Kier molecular flexibility index (Phi) is 3.39. The number of hydrogen-bond acceptors (Lipinski definition) is 4. The summed E-state index contributed by atoms with van der Waals surface area (Å²) in [5.74, 6) is -0.588. The van der Waals surface area contributed by atoms with Gasteiger partial charge in [0.05, 0.1) is 10.4 Å². The van der Waals surface area contributed by atoms with Crippen LogP contribution in [-0.2, 0) is 6.61 Å². The van der Waals surface area contributed by atoms with Crippen LogP contribution in [0.3, 0.4) is 0 Å². The summed E-state index contributed by atoms with van der Waals surface area (Å²) in [6, 6.07) is 5.03. The van der Waals surface area contributed by atoms with Crippen molar-refractivity contribution in [1.82, 2.24) is 4.98 Å². The van der Waals surface area contributed by atoms with Gasteiger partial charge in [0.1, 0.15) is 17.9 Å². The van der Waals surface area contributed by atoms with Crippen LogP contribution >= 0.6 is 11.3 Å². The van der Waals surface area contributed by atoms with Crippen LogP contribution in [0.1, 0.15) is 20.8 Å². The third-order valence-electron chi connectivity index (χ3n) is 2.22. The molecule has 0 saturated heterocycles. The second-order valence-electron chi connectivity index (χ2n) is 3.56. The van der Waals surface area contributed by atoms with Crippen LogP contribution in [0.25, 0.3) is 0 Å². The van der Waals surface area contributed by atoms with E-state index in [1.807, 2.05) is 6.92 Å². The molecular formula is C12H11NO3S. The number of benzene rings is 1. The average molecular weight is 249 g/mol. The Morgan fingerprint density at radius 1 is 1.53 bits per heavy atom. The van der Waals surface area contributed by atoms with Crippen LogP contribution in [0.4, 0.5) is 0 Å². The quantitative estimate of drug-likeness (QED) is 0.905. The van der Waals surface area contributed by atoms with Gasteiger partial charge in [0.2, 0.25) is 0 Å². The van der Waals surface area contributed by atoms with Gasteiger partial charge in [0, 0.05) is 6.20 Å². The number of carbonyl (C=O) groups is 1. The van der Waals surface area contributed by atoms with Gasteiger partial charge in [-0.2, -0.15) is 0 Å². The van der Waals surface area contributed by atoms with E-state index >= 15 is 0 Å². The molecule has 1 N–H and O–H groups in total. The van der Waals surface area contributed by atoms with Crippen molar-refractivity contribution < 1.29 is 14.6 Å². The summed E-state index contributed by atoms with van der Waals surface area (Å²) in [5.41, 5.74) is 2.86. The second-order valence-corrected chi connectivity index (χ2v) is 4.53. The predicted molar refractivity (Wildman–Crippen MR) is 64.6 cm³/mol. The van der Waals surface area contributed by atoms with Crippen LogP contribution < -0.4 is 4.74 Å². The molecule has 0 bridgehead atoms. The molecule has 88 valence electrons. The third-order valence-corrected chi connectivity index (χ3v) is 2.97. The summed E-state index contributed by atoms with van der Waals surface area (Å²) in [4.78, 5) is 15.9. The van der Waals surface area contributed by atoms with Crippen LogP contribution in [0, 0.1) is 6.92 Å². The number of aromatic nitrogens is 1. The number of thiazole rings is 1. The first-order valence-electron chi connectivity index (χ1n) is 5.01. The molecule has 1 aromatic carbocycles. The molecule has 0 fully saturated rings. The fraction of sp³-hybridized carbons (Fsp3) is 0.167. The van der Waals surface area contributed by atoms with Crippen molar-refractivity contribution in [2.45, 2.75) is 13.5 Å². The lowest BCUT2D eigenvalue weighted by molar-refractivity contribution is 0.0692. The van der Waals surface area contributed by atoms with E-state index in [0.29, 0.717) is 12.4 Å². The number of carboxylic acids is 1. The molecule has 17 heavy (non-hydrogen) atoms. The summed E-state index contributed by atoms with van der Waals surface area (Å²) in [5, 5.41) is 9.02. The van der Waals surface area contributed by atoms with Crippen molar-refractivity contribution in [2.75, 3.05) is 0 Å². The number of ether oxygens (including phenoxy) is 1. The number of aryl methyl sites for hydroxylation is 1. The minimum Gasteiger partial charge on any atom is -0.487 e. The molecule has 4 nitrogen and oxygen atoms in total. The van der Waals surface area contributed by atoms with Gasteiger partial charge in [-0.1, -0.05) is 6.07 Å². The van der Waals surface area contributed by atoms with Crippen molar-refractivity contribution in [3.63, 3.8) is 0 Å². The summed E-state index contributed by atoms with van der Waals surface area (Å²) in [7, 11) is 0. The van der Waals surface area contributed by atoms with Crippen molar-refractivity contribution in [3.05, 3.63) is 45.9 Å². The molecule has 1 heterocycles. The van der Waals surface area contributed by atoms with Crippen LogP contribution in [-0.4, -0.2) is 16.1 Å². The van der Waals surface area contributed by atoms with E-state index in [9.17, 15) is 4.79 Å². The Labute approximate surface area is 103 Å². The lowest BCUT2D eigenvalue weighted by Crippen LogP contribution is -2.03. The molecule has 2 aromatic rings. The highest BCUT2D eigenvalue weighted by Gasteiger charge is 2.11. The first-order valence-corrected chi connectivity index (χ1v) is 5.89. The summed E-state index contributed by atoms with van der Waals surface area (Å²) in [6.07, 6.45) is 1.71. The monoisotopic (exact) mass is 249 g/mol. The largest absolute Gasteiger partial charge is 0.487 e. The Balaban J connectivity index is 2.19. The lowest BCUT2D eigenvalue weighted by Gasteiger charge is -2.08. The molecule has 0 saturated carbocycles. The smallest absolute Gasteiger partial charge is 0.339 e. The van der Waals surface area contributed by atoms with Crippen LogP contribution in [0.5, 0.6) is 5.75 Å². The number of carboxylic acid groups (broad SMARTS) is 1. The molecule has 0 amide bonds. The maximum Gasteiger partial charge on any atom is 0.339 e. The molecule has 0 radical (unpaired) electrons. The first kappa shape index (κ1) is 11.6. The third kappa shape index (κ3) is 2.82. The van der Waals surface area contributed by atoms with Crippen LogP contribution in [0.2, 0.25) is 0 Å². The molecule has 0 atom stereocenters. The lowest BCUT2D eigenvalue weighted by atomic mass is 10.1. The maximum atomic E-state index is 11.0. The van der Waals surface area contributed by atoms with Gasteiger partial charge in [0.15, 0.2) is 0 Å². The summed E-state index contributed by atoms with van der Waals surface area (Å²) >= 11 is 1.48. The van der Waals surface area contributed by atoms with Crippen LogP contribution in [0.15, 0.2) is 29.9 Å². The normalized spacial score (nSPS) is 10.2. The van der Waals surface area contributed by atoms with E-state index in [-0.39, 0.29) is 5.56 Å². The van der Waals surface area contributed by atoms with Gasteiger partial charge >= 0.3 is 5.97 Å². The number of nitrogens with zero attached hydrogens (tertiary/aromatic N) is 1. The van der Waals surface area contributed by atoms with Gasteiger partial charge in [-0.25, -0.2) is 4.79 Å². The zero-order valence-electron chi connectivity index (χ0n) is 9.21. The molecule has 0 aliphatic carbocycles. The first-order chi connectivity index (χ1) is 8.16. The maximum absolute atomic E-state index is 11.0. The summed E-state index contributed by atoms with van der Waals surface area (Å²) < 4.78 is 5.51. The molecule has 0 spiro atoms. The zero-order valence-corrected chi connectivity index (χ0v) is 10.0. The zero-order chi connectivity index (χ0) is 12.3. The number of rotatable bonds is 4. The second kappa shape index (κ2) is 4.97. The highest BCUT2D eigenvalue weighted by Crippen LogP contribution is 2.22. The highest BCUT2D eigenvalue weighted by molar-refractivity contribution is 7.09. The fourth-order valence-corrected chi connectivity index (χ4v) is 1.89. The van der Waals surface area contributed by atoms with Gasteiger partial charge in [-0.05, 0) is 24.6 Å². The number of aromatic carboxylic acids is 1. The van der Waals surface area contributed by atoms with Gasteiger partial charge in [0.25, 0.3) is 0 Å². The fourth-order valence-electron chi connectivity index (χ4n) is 1.39. The Bertz CT molecular complexity index is 523. The SMILES string of the molecule is Cc1ccc(C(=O)O)c(OCc2cncs2)c1. The van der Waals surface area contributed by atoms with Gasteiger partial charge < -0.3 is 9.84 Å². The molecule has 5 heteroatoms. The van der Waals surface area contributed by atoms with Crippen molar-refractivity contribution in [3.8, 4) is 5.75 Å². The minimum atomic E-state index is -0.982. The highest BCUT2D eigenvalue weighted by atomic mass is 32.1. The number of hydrogen-bond donors (Lipinski definition) is 1. The van der Waals surface area contributed by atoms with Crippen molar-refractivity contribution in [1.29, 1.82) is 0 Å². The van der Waals surface area contributed by atoms with Gasteiger partial charge in [-0.15, -0.1) is 11.3 Å². The molecule has 2 rings (SSSR count). The van der Waals surface area contributed by atoms with E-state index in [2.05, 4.69) is 4.98 Å². The van der Waals surface area contributed by atoms with Crippen molar-refractivity contribution >= 4 is 17.3 Å². The molecule has 0 aliphatic rings. The predicted octanol–water partition coefficient (Wildman–Crippen LogP) is 2.73. The van der Waals surface area contributed by atoms with Crippen molar-refractivity contribution in [2.24, 2.45) is 0 Å². The topological polar surface area (TPSA) is 59.4 Å². The van der Waals surface area contributed by atoms with Gasteiger partial charge in [-0.3, -0.25) is 4.98 Å². The van der Waals surface area contributed by atoms with E-state index in [1.54, 1.807) is 29.9 Å². The van der Waals surface area contributed by atoms with E-state index in [4.69, 9.17) is 9.84 Å². The minimum absolute atomic E-state index is 0.181. The molecule has 0 aliphatic heterocycles. The average Bonchev–Trinajstić information content (AvgIpc) is 2.78. The molecule has 0 unspecified atom stereocenters. The molecular weight excluding hydrogens is 238 g/mol. The summed E-state index contributed by atoms with van der Waals surface area (Å²) in [6.45, 7) is 2.24. The standard InChI is InChI=1S/C12H11NO3S/c1-8-2-3-10(12(14)15)11(4-8)16-6-9-5-13-7-17-9/h2-5,7H,6H2,1H3,(H,14,15). The Morgan fingerprint density at radius 3 is 3.00 bits per heavy atom. The Hall–Kier alpha value is -1.88. The Morgan fingerprint density at radius 2 is 2.35 bits per heavy atom. The molecule has 1 aromatic heterocycles. The van der Waals surface area contributed by atoms with E-state index < -0.39 is 5.97 Å². The van der Waals surface area contributed by atoms with E-state index in [1.165, 1.54) is 11.3 Å².